The molecule has 2 amide bonds. The zero-order chi connectivity index (χ0) is 18.8. The molecular formula is C21H31N3O2. The number of amides is 2. The number of nitrogens with one attached hydrogen (secondary N) is 2. The molecule has 5 heteroatoms. The summed E-state index contributed by atoms with van der Waals surface area (Å²) in [5.74, 6) is -0.0444. The van der Waals surface area contributed by atoms with E-state index in [0.29, 0.717) is 30.9 Å². The molecule has 5 nitrogen and oxygen atoms in total. The molecule has 26 heavy (non-hydrogen) atoms. The van der Waals surface area contributed by atoms with E-state index in [-0.39, 0.29) is 11.8 Å². The number of hydrogen-bond donors (Lipinski definition) is 2. The van der Waals surface area contributed by atoms with Crippen LogP contribution in [0.15, 0.2) is 35.9 Å². The highest BCUT2D eigenvalue weighted by atomic mass is 16.2. The summed E-state index contributed by atoms with van der Waals surface area (Å²) in [4.78, 5) is 26.1. The van der Waals surface area contributed by atoms with E-state index in [2.05, 4.69) is 16.7 Å². The summed E-state index contributed by atoms with van der Waals surface area (Å²) in [6.45, 7) is 6.44. The van der Waals surface area contributed by atoms with E-state index in [1.165, 1.54) is 31.3 Å². The van der Waals surface area contributed by atoms with Crippen LogP contribution >= 0.6 is 0 Å². The van der Waals surface area contributed by atoms with Gasteiger partial charge in [0, 0.05) is 24.3 Å². The van der Waals surface area contributed by atoms with Crippen molar-refractivity contribution in [3.8, 4) is 0 Å². The lowest BCUT2D eigenvalue weighted by Gasteiger charge is -2.18. The molecule has 1 aromatic carbocycles. The number of carbonyl (C=O) groups is 2. The molecule has 0 radical (unpaired) electrons. The Balaban J connectivity index is 1.73. The van der Waals surface area contributed by atoms with E-state index in [0.717, 1.165) is 13.0 Å². The zero-order valence-electron chi connectivity index (χ0n) is 16.0. The molecule has 0 aromatic heterocycles. The van der Waals surface area contributed by atoms with E-state index in [1.54, 1.807) is 29.2 Å². The highest BCUT2D eigenvalue weighted by Gasteiger charge is 2.12. The van der Waals surface area contributed by atoms with Crippen LogP contribution in [0, 0.1) is 0 Å². The molecule has 1 aromatic rings. The topological polar surface area (TPSA) is 61.4 Å². The maximum absolute atomic E-state index is 12.3. The van der Waals surface area contributed by atoms with E-state index in [9.17, 15) is 9.59 Å². The van der Waals surface area contributed by atoms with Gasteiger partial charge in [-0.2, -0.15) is 0 Å². The Kier molecular flexibility index (Phi) is 8.35. The van der Waals surface area contributed by atoms with Crippen molar-refractivity contribution in [2.45, 2.75) is 46.0 Å². The van der Waals surface area contributed by atoms with Gasteiger partial charge in [-0.15, -0.1) is 0 Å². The van der Waals surface area contributed by atoms with E-state index >= 15 is 0 Å². The smallest absolute Gasteiger partial charge is 0.253 e. The average Bonchev–Trinajstić information content (AvgIpc) is 2.67. The van der Waals surface area contributed by atoms with E-state index < -0.39 is 0 Å². The van der Waals surface area contributed by atoms with Gasteiger partial charge in [0.05, 0.1) is 6.54 Å². The fourth-order valence-electron chi connectivity index (χ4n) is 3.18. The minimum absolute atomic E-state index is 0.0200. The van der Waals surface area contributed by atoms with Gasteiger partial charge in [0.1, 0.15) is 0 Å². The van der Waals surface area contributed by atoms with Crippen molar-refractivity contribution in [2.75, 3.05) is 31.5 Å². The van der Waals surface area contributed by atoms with Crippen molar-refractivity contribution >= 4 is 17.5 Å². The maximum Gasteiger partial charge on any atom is 0.253 e. The van der Waals surface area contributed by atoms with Gasteiger partial charge in [0.2, 0.25) is 5.91 Å². The minimum Gasteiger partial charge on any atom is -0.339 e. The van der Waals surface area contributed by atoms with Crippen LogP contribution in [-0.2, 0) is 4.79 Å². The van der Waals surface area contributed by atoms with Gasteiger partial charge in [-0.3, -0.25) is 9.59 Å². The van der Waals surface area contributed by atoms with Crippen molar-refractivity contribution in [2.24, 2.45) is 0 Å². The summed E-state index contributed by atoms with van der Waals surface area (Å²) in [6.07, 6.45) is 8.36. The number of benzene rings is 1. The normalized spacial score (nSPS) is 13.8. The highest BCUT2D eigenvalue weighted by Crippen LogP contribution is 2.19. The number of hydrogen-bond acceptors (Lipinski definition) is 3. The molecule has 0 saturated carbocycles. The molecule has 0 atom stereocenters. The van der Waals surface area contributed by atoms with Gasteiger partial charge in [-0.25, -0.2) is 0 Å². The number of carbonyl (C=O) groups excluding carboxylic acids is 2. The van der Waals surface area contributed by atoms with Crippen LogP contribution in [0.3, 0.4) is 0 Å². The van der Waals surface area contributed by atoms with Crippen LogP contribution in [0.2, 0.25) is 0 Å². The molecule has 2 rings (SSSR count). The molecule has 0 heterocycles. The Morgan fingerprint density at radius 3 is 2.42 bits per heavy atom. The lowest BCUT2D eigenvalue weighted by atomic mass is 9.97. The fourth-order valence-corrected chi connectivity index (χ4v) is 3.18. The highest BCUT2D eigenvalue weighted by molar-refractivity contribution is 5.96. The predicted molar refractivity (Wildman–Crippen MR) is 106 cm³/mol. The summed E-state index contributed by atoms with van der Waals surface area (Å²) >= 11 is 0. The largest absolute Gasteiger partial charge is 0.339 e. The summed E-state index contributed by atoms with van der Waals surface area (Å²) in [7, 11) is 0. The quantitative estimate of drug-likeness (QED) is 0.524. The zero-order valence-corrected chi connectivity index (χ0v) is 16.0. The Morgan fingerprint density at radius 2 is 1.81 bits per heavy atom. The first-order valence-electron chi connectivity index (χ1n) is 9.71. The number of rotatable bonds is 9. The first kappa shape index (κ1) is 20.2. The molecule has 1 aliphatic carbocycles. The van der Waals surface area contributed by atoms with Crippen LogP contribution < -0.4 is 10.6 Å². The summed E-state index contributed by atoms with van der Waals surface area (Å²) in [5.41, 5.74) is 2.87. The van der Waals surface area contributed by atoms with Crippen LogP contribution in [0.1, 0.15) is 56.3 Å². The van der Waals surface area contributed by atoms with Crippen LogP contribution in [-0.4, -0.2) is 42.9 Å². The third kappa shape index (κ3) is 6.30. The average molecular weight is 357 g/mol. The Hall–Kier alpha value is -2.14. The number of nitrogens with zero attached hydrogens (tertiary/aromatic N) is 1. The first-order valence-corrected chi connectivity index (χ1v) is 9.71. The van der Waals surface area contributed by atoms with Gasteiger partial charge in [0.25, 0.3) is 5.91 Å². The van der Waals surface area contributed by atoms with Gasteiger partial charge >= 0.3 is 0 Å². The van der Waals surface area contributed by atoms with Crippen LogP contribution in [0.4, 0.5) is 5.69 Å². The van der Waals surface area contributed by atoms with E-state index in [1.807, 2.05) is 13.8 Å². The molecule has 0 unspecified atom stereocenters. The number of allylic oxidation sites excluding steroid dienone is 1. The standard InChI is InChI=1S/C21H31N3O2/c1-3-24(4-2)21(26)18-10-12-19(13-11-18)23-20(25)16-22-15-14-17-8-6-5-7-9-17/h8,10-13,22H,3-7,9,14-16H2,1-2H3,(H,23,25). The second-order valence-corrected chi connectivity index (χ2v) is 6.64. The Bertz CT molecular complexity index is 619. The molecule has 0 bridgehead atoms. The third-order valence-corrected chi connectivity index (χ3v) is 4.76. The maximum atomic E-state index is 12.3. The molecule has 0 spiro atoms. The predicted octanol–water partition coefficient (Wildman–Crippen LogP) is 3.59. The van der Waals surface area contributed by atoms with Crippen LogP contribution in [0.5, 0.6) is 0 Å². The second-order valence-electron chi connectivity index (χ2n) is 6.64. The lowest BCUT2D eigenvalue weighted by Crippen LogP contribution is -2.30. The van der Waals surface area contributed by atoms with Gasteiger partial charge in [0.15, 0.2) is 0 Å². The summed E-state index contributed by atoms with van der Waals surface area (Å²) in [5, 5.41) is 6.06. The number of anilines is 1. The first-order chi connectivity index (χ1) is 12.6. The molecule has 0 saturated heterocycles. The van der Waals surface area contributed by atoms with Gasteiger partial charge in [-0.1, -0.05) is 11.6 Å². The van der Waals surface area contributed by atoms with E-state index in [4.69, 9.17) is 0 Å². The van der Waals surface area contributed by atoms with Crippen molar-refractivity contribution in [1.82, 2.24) is 10.2 Å². The SMILES string of the molecule is CCN(CC)C(=O)c1ccc(NC(=O)CNCCC2=CCCCC2)cc1. The van der Waals surface area contributed by atoms with Gasteiger partial charge < -0.3 is 15.5 Å². The summed E-state index contributed by atoms with van der Waals surface area (Å²) in [6, 6.07) is 7.08. The minimum atomic E-state index is -0.0644. The van der Waals surface area contributed by atoms with Crippen molar-refractivity contribution in [3.05, 3.63) is 41.5 Å². The fraction of sp³-hybridized carbons (Fsp3) is 0.524. The Morgan fingerprint density at radius 1 is 1.08 bits per heavy atom. The molecule has 0 fully saturated rings. The molecular weight excluding hydrogens is 326 g/mol. The van der Waals surface area contributed by atoms with Crippen LogP contribution in [0.25, 0.3) is 0 Å². The molecule has 0 aliphatic heterocycles. The molecule has 1 aliphatic rings. The Labute approximate surface area is 156 Å². The summed E-state index contributed by atoms with van der Waals surface area (Å²) < 4.78 is 0. The van der Waals surface area contributed by atoms with Crippen molar-refractivity contribution < 1.29 is 9.59 Å². The van der Waals surface area contributed by atoms with Crippen molar-refractivity contribution in [3.63, 3.8) is 0 Å². The van der Waals surface area contributed by atoms with Gasteiger partial charge in [-0.05, 0) is 76.8 Å². The van der Waals surface area contributed by atoms with Crippen molar-refractivity contribution in [1.29, 1.82) is 0 Å². The lowest BCUT2D eigenvalue weighted by molar-refractivity contribution is -0.115. The monoisotopic (exact) mass is 357 g/mol. The second kappa shape index (κ2) is 10.8. The third-order valence-electron chi connectivity index (χ3n) is 4.76. The molecule has 142 valence electrons. The molecule has 2 N–H and O–H groups in total.